The van der Waals surface area contributed by atoms with Crippen molar-refractivity contribution in [1.29, 1.82) is 0 Å². The maximum atomic E-state index is 14.4. The number of carbonyl (C=O) groups excluding carboxylic acids is 5. The summed E-state index contributed by atoms with van der Waals surface area (Å²) in [6.07, 6.45) is 2.99. The Morgan fingerprint density at radius 2 is 1.77 bits per heavy atom. The highest BCUT2D eigenvalue weighted by Crippen LogP contribution is 2.61. The predicted octanol–water partition coefficient (Wildman–Crippen LogP) is 3.22. The van der Waals surface area contributed by atoms with Gasteiger partial charge in [0.25, 0.3) is 5.91 Å². The van der Waals surface area contributed by atoms with Gasteiger partial charge in [0.1, 0.15) is 35.1 Å². The third-order valence-corrected chi connectivity index (χ3v) is 13.1. The van der Waals surface area contributed by atoms with E-state index in [4.69, 9.17) is 9.47 Å². The molecule has 0 spiro atoms. The first-order valence-electron chi connectivity index (χ1n) is 18.4. The van der Waals surface area contributed by atoms with Gasteiger partial charge in [-0.05, 0) is 82.3 Å². The fourth-order valence-electron chi connectivity index (χ4n) is 8.29. The van der Waals surface area contributed by atoms with Gasteiger partial charge in [-0.1, -0.05) is 37.8 Å². The summed E-state index contributed by atoms with van der Waals surface area (Å²) >= 11 is 0. The molecular weight excluding hydrogens is 697 g/mol. The lowest BCUT2D eigenvalue weighted by atomic mass is 10.0. The van der Waals surface area contributed by atoms with E-state index in [2.05, 4.69) is 15.4 Å². The monoisotopic (exact) mass is 745 g/mol. The molecule has 3 saturated carbocycles. The van der Waals surface area contributed by atoms with Crippen LogP contribution in [0.3, 0.4) is 0 Å². The second kappa shape index (κ2) is 13.5. The van der Waals surface area contributed by atoms with Crippen LogP contribution in [0.4, 0.5) is 14.0 Å². The Kier molecular flexibility index (Phi) is 9.43. The van der Waals surface area contributed by atoms with Crippen molar-refractivity contribution in [3.63, 3.8) is 0 Å². The van der Waals surface area contributed by atoms with Gasteiger partial charge in [-0.15, -0.1) is 0 Å². The summed E-state index contributed by atoms with van der Waals surface area (Å²) in [6, 6.07) is 2.37. The number of halogens is 1. The Morgan fingerprint density at radius 3 is 2.48 bits per heavy atom. The Morgan fingerprint density at radius 1 is 1.02 bits per heavy atom. The Balaban J connectivity index is 1.14. The third kappa shape index (κ3) is 7.58. The Labute approximate surface area is 302 Å². The highest BCUT2D eigenvalue weighted by Gasteiger charge is 2.69. The molecule has 7 atom stereocenters. The van der Waals surface area contributed by atoms with Crippen LogP contribution in [0.5, 0.6) is 0 Å². The van der Waals surface area contributed by atoms with Gasteiger partial charge in [-0.2, -0.15) is 0 Å². The molecular formula is C36H48FN5O9S. The molecule has 0 bridgehead atoms. The minimum atomic E-state index is -3.90. The number of nitrogens with zero attached hydrogens (tertiary/aromatic N) is 2. The smallest absolute Gasteiger partial charge is 0.410 e. The van der Waals surface area contributed by atoms with Crippen LogP contribution in [0.2, 0.25) is 0 Å². The van der Waals surface area contributed by atoms with Gasteiger partial charge in [0.2, 0.25) is 21.8 Å². The van der Waals surface area contributed by atoms with Gasteiger partial charge in [0.15, 0.2) is 0 Å². The zero-order chi connectivity index (χ0) is 37.2. The van der Waals surface area contributed by atoms with Gasteiger partial charge in [0, 0.05) is 18.5 Å². The van der Waals surface area contributed by atoms with Crippen LogP contribution in [-0.4, -0.2) is 89.2 Å². The van der Waals surface area contributed by atoms with Gasteiger partial charge in [-0.25, -0.2) is 22.4 Å². The van der Waals surface area contributed by atoms with Gasteiger partial charge in [0.05, 0.1) is 18.3 Å². The van der Waals surface area contributed by atoms with E-state index in [1.807, 2.05) is 0 Å². The van der Waals surface area contributed by atoms with E-state index in [1.165, 1.54) is 15.9 Å². The predicted molar refractivity (Wildman–Crippen MR) is 183 cm³/mol. The second-order valence-electron chi connectivity index (χ2n) is 16.4. The molecule has 1 aromatic rings. The zero-order valence-electron chi connectivity index (χ0n) is 29.8. The molecule has 7 rings (SSSR count). The first-order chi connectivity index (χ1) is 24.5. The van der Waals surface area contributed by atoms with Crippen molar-refractivity contribution in [2.75, 3.05) is 6.54 Å². The summed E-state index contributed by atoms with van der Waals surface area (Å²) in [5.41, 5.74) is -1.23. The molecule has 52 heavy (non-hydrogen) atoms. The normalized spacial score (nSPS) is 31.8. The average molecular weight is 746 g/mol. The number of benzene rings is 1. The van der Waals surface area contributed by atoms with Crippen LogP contribution in [0.25, 0.3) is 0 Å². The summed E-state index contributed by atoms with van der Waals surface area (Å²) in [7, 11) is -3.90. The Bertz CT molecular complexity index is 1760. The summed E-state index contributed by atoms with van der Waals surface area (Å²) in [4.78, 5) is 71.3. The average Bonchev–Trinajstić information content (AvgIpc) is 4.00. The lowest BCUT2D eigenvalue weighted by Gasteiger charge is -2.30. The lowest BCUT2D eigenvalue weighted by molar-refractivity contribution is -0.141. The molecule has 3 aliphatic carbocycles. The molecule has 5 amide bonds. The van der Waals surface area contributed by atoms with E-state index in [9.17, 15) is 36.8 Å². The highest BCUT2D eigenvalue weighted by atomic mass is 32.2. The van der Waals surface area contributed by atoms with E-state index >= 15 is 0 Å². The van der Waals surface area contributed by atoms with Crippen LogP contribution < -0.4 is 15.4 Å². The molecule has 0 aromatic heterocycles. The number of hydrogen-bond acceptors (Lipinski definition) is 9. The minimum Gasteiger partial charge on any atom is -0.444 e. The molecule has 1 aromatic carbocycles. The molecule has 14 nitrogen and oxygen atoms in total. The molecule has 16 heteroatoms. The number of alkyl carbamates (subject to hydrolysis) is 1. The SMILES string of the molecule is CC(C)(C)OC(=O)N[C@H]1CCCCC[C@H]2C[C@H]2C2C[C@@]2(C(=O)NS(=O)(=O)C2CC2)NC(=O)[C@@H]2C[C@@H](OC(=O)N3Cc4cccc(F)c4C3)CN2C1=O. The summed E-state index contributed by atoms with van der Waals surface area (Å²) in [6.45, 7) is 5.08. The lowest BCUT2D eigenvalue weighted by Crippen LogP contribution is -2.58. The summed E-state index contributed by atoms with van der Waals surface area (Å²) < 4.78 is 53.7. The quantitative estimate of drug-likeness (QED) is 0.408. The number of rotatable bonds is 5. The van der Waals surface area contributed by atoms with E-state index in [0.717, 1.165) is 25.7 Å². The number of amides is 5. The molecule has 3 N–H and O–H groups in total. The largest absolute Gasteiger partial charge is 0.444 e. The number of carbonyl (C=O) groups is 5. The summed E-state index contributed by atoms with van der Waals surface area (Å²) in [5, 5.41) is 4.95. The van der Waals surface area contributed by atoms with Crippen molar-refractivity contribution < 1.29 is 46.3 Å². The minimum absolute atomic E-state index is 0.00689. The molecule has 284 valence electrons. The van der Waals surface area contributed by atoms with E-state index < -0.39 is 80.3 Å². The van der Waals surface area contributed by atoms with E-state index in [1.54, 1.807) is 32.9 Å². The third-order valence-electron chi connectivity index (χ3n) is 11.3. The first kappa shape index (κ1) is 36.4. The van der Waals surface area contributed by atoms with Crippen LogP contribution in [0.15, 0.2) is 18.2 Å². The van der Waals surface area contributed by atoms with Gasteiger partial charge >= 0.3 is 12.2 Å². The molecule has 5 fully saturated rings. The molecule has 1 unspecified atom stereocenters. The Hall–Kier alpha value is -3.95. The fraction of sp³-hybridized carbons (Fsp3) is 0.694. The maximum absolute atomic E-state index is 14.4. The van der Waals surface area contributed by atoms with Crippen molar-refractivity contribution in [2.24, 2.45) is 17.8 Å². The topological polar surface area (TPSA) is 181 Å². The van der Waals surface area contributed by atoms with Crippen molar-refractivity contribution >= 4 is 39.9 Å². The fourth-order valence-corrected chi connectivity index (χ4v) is 9.65. The molecule has 3 aliphatic heterocycles. The van der Waals surface area contributed by atoms with Gasteiger partial charge in [-0.3, -0.25) is 24.0 Å². The van der Waals surface area contributed by atoms with Crippen LogP contribution in [0.1, 0.15) is 96.1 Å². The standard InChI is InChI=1S/C36H48FN5O9S/c1-35(2,3)51-33(46)38-28-11-6-4-5-8-20-14-24(20)26-16-36(26,32(45)40-52(48,49)23-12-13-23)39-30(43)29-15-22(18-42(29)31(28)44)50-34(47)41-17-21-9-7-10-27(37)25(21)19-41/h7,9-10,20,22-24,26,28-29H,4-6,8,11-19H2,1-3H3,(H,38,46)(H,39,43)(H,40,45)/t20-,22+,24+,26?,28-,29-,36+/m0/s1. The van der Waals surface area contributed by atoms with Crippen LogP contribution in [0, 0.1) is 23.6 Å². The van der Waals surface area contributed by atoms with Crippen molar-refractivity contribution in [3.8, 4) is 0 Å². The van der Waals surface area contributed by atoms with Crippen LogP contribution >= 0.6 is 0 Å². The highest BCUT2D eigenvalue weighted by molar-refractivity contribution is 7.91. The number of sulfonamides is 1. The van der Waals surface area contributed by atoms with Gasteiger partial charge < -0.3 is 25.0 Å². The van der Waals surface area contributed by atoms with Crippen molar-refractivity contribution in [1.82, 2.24) is 25.2 Å². The van der Waals surface area contributed by atoms with E-state index in [-0.39, 0.29) is 50.7 Å². The molecule has 2 saturated heterocycles. The number of hydrogen-bond donors (Lipinski definition) is 3. The van der Waals surface area contributed by atoms with Crippen LogP contribution in [-0.2, 0) is 47.0 Å². The molecule has 0 radical (unpaired) electrons. The van der Waals surface area contributed by atoms with E-state index in [0.29, 0.717) is 36.3 Å². The molecule has 6 aliphatic rings. The number of ether oxygens (including phenoxy) is 2. The molecule has 3 heterocycles. The zero-order valence-corrected chi connectivity index (χ0v) is 30.6. The first-order valence-corrected chi connectivity index (χ1v) is 20.0. The summed E-state index contributed by atoms with van der Waals surface area (Å²) in [5.74, 6) is -2.19. The number of nitrogens with one attached hydrogen (secondary N) is 3. The van der Waals surface area contributed by atoms with Crippen molar-refractivity contribution in [3.05, 3.63) is 35.1 Å². The second-order valence-corrected chi connectivity index (χ2v) is 18.4. The maximum Gasteiger partial charge on any atom is 0.410 e. The number of fused-ring (bicyclic) bond motifs is 5. The van der Waals surface area contributed by atoms with Crippen molar-refractivity contribution in [2.45, 2.75) is 133 Å².